The molecule has 3 rings (SSSR count). The van der Waals surface area contributed by atoms with Crippen LogP contribution in [0, 0.1) is 10.1 Å². The van der Waals surface area contributed by atoms with Gasteiger partial charge < -0.3 is 15.2 Å². The number of anilines is 3. The van der Waals surface area contributed by atoms with Crippen molar-refractivity contribution in [2.24, 2.45) is 0 Å². The summed E-state index contributed by atoms with van der Waals surface area (Å²) in [6.07, 6.45) is 1.04. The smallest absolute Gasteiger partial charge is 0.355 e. The minimum Gasteiger partial charge on any atom is -0.482 e. The number of carbonyl (C=O) groups excluding carboxylic acids is 1. The molecular formula is C19H14Cl2N6O6. The fraction of sp³-hybridized carbons (Fsp3) is 0.0526. The maximum Gasteiger partial charge on any atom is 0.355 e. The van der Waals surface area contributed by atoms with Gasteiger partial charge in [-0.3, -0.25) is 25.8 Å². The van der Waals surface area contributed by atoms with Crippen LogP contribution in [-0.2, 0) is 4.79 Å². The third kappa shape index (κ3) is 6.18. The third-order valence-electron chi connectivity index (χ3n) is 3.97. The van der Waals surface area contributed by atoms with E-state index in [4.69, 9.17) is 33.0 Å². The zero-order chi connectivity index (χ0) is 24.0. The predicted octanol–water partition coefficient (Wildman–Crippen LogP) is 3.66. The number of ether oxygens (including phenoxy) is 1. The van der Waals surface area contributed by atoms with Crippen LogP contribution in [0.1, 0.15) is 10.4 Å². The molecule has 0 saturated heterocycles. The number of hydrogen-bond acceptors (Lipinski definition) is 9. The molecule has 0 bridgehead atoms. The van der Waals surface area contributed by atoms with Crippen LogP contribution >= 0.6 is 23.2 Å². The molecule has 0 aliphatic carbocycles. The van der Waals surface area contributed by atoms with E-state index in [0.717, 1.165) is 6.33 Å². The number of rotatable bonds is 9. The van der Waals surface area contributed by atoms with Crippen molar-refractivity contribution < 1.29 is 24.4 Å². The Morgan fingerprint density at radius 3 is 2.42 bits per heavy atom. The van der Waals surface area contributed by atoms with Gasteiger partial charge in [-0.1, -0.05) is 23.2 Å². The number of nitrogens with zero attached hydrogens (tertiary/aromatic N) is 3. The minimum absolute atomic E-state index is 0.0462. The van der Waals surface area contributed by atoms with Gasteiger partial charge in [-0.15, -0.1) is 0 Å². The lowest BCUT2D eigenvalue weighted by atomic mass is 10.2. The number of carboxylic acid groups (broad SMARTS) is 1. The van der Waals surface area contributed by atoms with E-state index in [0.29, 0.717) is 10.7 Å². The number of benzene rings is 2. The molecule has 4 N–H and O–H groups in total. The summed E-state index contributed by atoms with van der Waals surface area (Å²) in [5.41, 5.74) is 4.44. The summed E-state index contributed by atoms with van der Waals surface area (Å²) in [5.74, 6) is -2.03. The summed E-state index contributed by atoms with van der Waals surface area (Å²) in [4.78, 5) is 41.5. The van der Waals surface area contributed by atoms with Crippen molar-refractivity contribution in [3.63, 3.8) is 0 Å². The summed E-state index contributed by atoms with van der Waals surface area (Å²) in [6, 6.07) is 9.96. The Kier molecular flexibility index (Phi) is 7.43. The first kappa shape index (κ1) is 23.5. The van der Waals surface area contributed by atoms with E-state index in [9.17, 15) is 19.7 Å². The van der Waals surface area contributed by atoms with E-state index in [1.165, 1.54) is 42.5 Å². The first-order valence-corrected chi connectivity index (χ1v) is 9.72. The Bertz CT molecular complexity index is 1210. The standard InChI is InChI=1S/C19H14Cl2N6O6/c20-11-3-6-14(13(21)7-11)33-8-15(28)25-26-18-16(27(31)32)17(22-9-23-18)24-12-4-1-10(2-5-12)19(29)30/h1-7,9H,8H2,(H,25,28)(H,29,30)(H2,22,23,24,26). The van der Waals surface area contributed by atoms with Crippen molar-refractivity contribution >= 4 is 58.1 Å². The van der Waals surface area contributed by atoms with Crippen molar-refractivity contribution in [3.05, 3.63) is 74.5 Å². The zero-order valence-corrected chi connectivity index (χ0v) is 17.9. The van der Waals surface area contributed by atoms with Crippen LogP contribution in [-0.4, -0.2) is 38.5 Å². The highest BCUT2D eigenvalue weighted by atomic mass is 35.5. The van der Waals surface area contributed by atoms with Crippen molar-refractivity contribution in [1.29, 1.82) is 0 Å². The quantitative estimate of drug-likeness (QED) is 0.255. The number of amides is 1. The molecule has 14 heteroatoms. The molecule has 170 valence electrons. The van der Waals surface area contributed by atoms with Gasteiger partial charge in [0.25, 0.3) is 5.91 Å². The molecular weight excluding hydrogens is 479 g/mol. The first-order chi connectivity index (χ1) is 15.7. The number of aromatic carboxylic acids is 1. The number of carbonyl (C=O) groups is 2. The van der Waals surface area contributed by atoms with E-state index >= 15 is 0 Å². The van der Waals surface area contributed by atoms with Crippen LogP contribution in [0.3, 0.4) is 0 Å². The highest BCUT2D eigenvalue weighted by Crippen LogP contribution is 2.31. The van der Waals surface area contributed by atoms with Gasteiger partial charge in [-0.2, -0.15) is 0 Å². The van der Waals surface area contributed by atoms with E-state index < -0.39 is 29.1 Å². The zero-order valence-electron chi connectivity index (χ0n) is 16.4. The van der Waals surface area contributed by atoms with Crippen LogP contribution in [0.5, 0.6) is 5.75 Å². The van der Waals surface area contributed by atoms with E-state index in [2.05, 4.69) is 26.1 Å². The Morgan fingerprint density at radius 2 is 1.79 bits per heavy atom. The second-order valence-electron chi connectivity index (χ2n) is 6.22. The van der Waals surface area contributed by atoms with Crippen molar-refractivity contribution in [2.45, 2.75) is 0 Å². The number of aromatic nitrogens is 2. The lowest BCUT2D eigenvalue weighted by Crippen LogP contribution is -2.34. The maximum absolute atomic E-state index is 12.1. The molecule has 0 saturated carbocycles. The largest absolute Gasteiger partial charge is 0.482 e. The Labute approximate surface area is 195 Å². The molecule has 0 radical (unpaired) electrons. The van der Waals surface area contributed by atoms with Gasteiger partial charge in [0, 0.05) is 10.7 Å². The fourth-order valence-electron chi connectivity index (χ4n) is 2.47. The second-order valence-corrected chi connectivity index (χ2v) is 7.06. The number of hydrogen-bond donors (Lipinski definition) is 4. The lowest BCUT2D eigenvalue weighted by molar-refractivity contribution is -0.383. The average molecular weight is 493 g/mol. The van der Waals surface area contributed by atoms with Crippen molar-refractivity contribution in [2.75, 3.05) is 17.3 Å². The molecule has 0 fully saturated rings. The molecule has 3 aromatic rings. The number of carboxylic acids is 1. The second kappa shape index (κ2) is 10.4. The molecule has 33 heavy (non-hydrogen) atoms. The third-order valence-corrected chi connectivity index (χ3v) is 4.50. The van der Waals surface area contributed by atoms with Crippen LogP contribution in [0.4, 0.5) is 23.0 Å². The predicted molar refractivity (Wildman–Crippen MR) is 119 cm³/mol. The molecule has 12 nitrogen and oxygen atoms in total. The van der Waals surface area contributed by atoms with Crippen LogP contribution in [0.25, 0.3) is 0 Å². The summed E-state index contributed by atoms with van der Waals surface area (Å²) in [6.45, 7) is -0.450. The van der Waals surface area contributed by atoms with E-state index in [1.54, 1.807) is 0 Å². The Morgan fingerprint density at radius 1 is 1.09 bits per heavy atom. The number of nitro groups is 1. The highest BCUT2D eigenvalue weighted by Gasteiger charge is 2.24. The highest BCUT2D eigenvalue weighted by molar-refractivity contribution is 6.35. The van der Waals surface area contributed by atoms with Gasteiger partial charge in [0.1, 0.15) is 12.1 Å². The van der Waals surface area contributed by atoms with Gasteiger partial charge in [-0.25, -0.2) is 14.8 Å². The molecule has 0 unspecified atom stereocenters. The van der Waals surface area contributed by atoms with Gasteiger partial charge in [0.05, 0.1) is 15.5 Å². The molecule has 0 aliphatic heterocycles. The van der Waals surface area contributed by atoms with Gasteiger partial charge >= 0.3 is 11.7 Å². The van der Waals surface area contributed by atoms with Gasteiger partial charge in [-0.05, 0) is 42.5 Å². The monoisotopic (exact) mass is 492 g/mol. The minimum atomic E-state index is -1.11. The van der Waals surface area contributed by atoms with E-state index in [1.807, 2.05) is 0 Å². The summed E-state index contributed by atoms with van der Waals surface area (Å²) >= 11 is 11.8. The number of nitrogens with one attached hydrogen (secondary N) is 3. The summed E-state index contributed by atoms with van der Waals surface area (Å²) in [5, 5.41) is 23.9. The van der Waals surface area contributed by atoms with E-state index in [-0.39, 0.29) is 28.0 Å². The maximum atomic E-state index is 12.1. The number of hydrazine groups is 1. The molecule has 1 amide bonds. The molecule has 1 heterocycles. The lowest BCUT2D eigenvalue weighted by Gasteiger charge is -2.12. The molecule has 2 aromatic carbocycles. The summed E-state index contributed by atoms with van der Waals surface area (Å²) in [7, 11) is 0. The molecule has 1 aromatic heterocycles. The van der Waals surface area contributed by atoms with Crippen LogP contribution in [0.2, 0.25) is 10.0 Å². The van der Waals surface area contributed by atoms with Crippen molar-refractivity contribution in [1.82, 2.24) is 15.4 Å². The van der Waals surface area contributed by atoms with Gasteiger partial charge in [0.15, 0.2) is 6.61 Å². The SMILES string of the molecule is O=C(COc1ccc(Cl)cc1Cl)NNc1ncnc(Nc2ccc(C(=O)O)cc2)c1[N+](=O)[O-]. The van der Waals surface area contributed by atoms with Crippen molar-refractivity contribution in [3.8, 4) is 5.75 Å². The average Bonchev–Trinajstić information content (AvgIpc) is 2.77. The molecule has 0 aliphatic rings. The first-order valence-electron chi connectivity index (χ1n) is 8.97. The normalized spacial score (nSPS) is 10.2. The topological polar surface area (TPSA) is 169 Å². The van der Waals surface area contributed by atoms with Gasteiger partial charge in [0.2, 0.25) is 11.6 Å². The Hall–Kier alpha value is -4.16. The molecule has 0 spiro atoms. The molecule has 0 atom stereocenters. The number of halogens is 2. The summed E-state index contributed by atoms with van der Waals surface area (Å²) < 4.78 is 5.29. The fourth-order valence-corrected chi connectivity index (χ4v) is 2.93. The van der Waals surface area contributed by atoms with Crippen LogP contribution in [0.15, 0.2) is 48.8 Å². The Balaban J connectivity index is 1.68. The van der Waals surface area contributed by atoms with Crippen LogP contribution < -0.4 is 20.9 Å².